The molecular weight excluding hydrogens is 222 g/mol. The predicted molar refractivity (Wildman–Crippen MR) is 78.2 cm³/mol. The number of hydrogen-bond acceptors (Lipinski definition) is 2. The van der Waals surface area contributed by atoms with Crippen molar-refractivity contribution in [1.29, 1.82) is 0 Å². The van der Waals surface area contributed by atoms with Gasteiger partial charge < -0.3 is 10.1 Å². The van der Waals surface area contributed by atoms with Crippen molar-refractivity contribution >= 4 is 0 Å². The molecule has 0 amide bonds. The molecule has 0 heterocycles. The minimum absolute atomic E-state index is 0.262. The second-order valence-corrected chi connectivity index (χ2v) is 5.93. The van der Waals surface area contributed by atoms with E-state index in [0.717, 1.165) is 18.7 Å². The maximum atomic E-state index is 5.28. The van der Waals surface area contributed by atoms with Gasteiger partial charge in [0.25, 0.3) is 0 Å². The molecule has 0 spiro atoms. The third-order valence-electron chi connectivity index (χ3n) is 3.26. The van der Waals surface area contributed by atoms with Crippen LogP contribution in [0.1, 0.15) is 39.7 Å². The van der Waals surface area contributed by atoms with Crippen molar-refractivity contribution < 1.29 is 4.74 Å². The van der Waals surface area contributed by atoms with Gasteiger partial charge in [-0.15, -0.1) is 0 Å². The largest absolute Gasteiger partial charge is 0.497 e. The molecule has 1 rings (SSSR count). The van der Waals surface area contributed by atoms with Crippen LogP contribution in [0.2, 0.25) is 0 Å². The first-order chi connectivity index (χ1) is 8.47. The van der Waals surface area contributed by atoms with Crippen LogP contribution in [0, 0.1) is 5.41 Å². The van der Waals surface area contributed by atoms with E-state index < -0.39 is 0 Å². The standard InChI is InChI=1S/C16H27NO/c1-6-10-17-15(16(2,3)4)12-13-8-7-9-14(11-13)18-5/h7-9,11,15,17H,6,10,12H2,1-5H3. The van der Waals surface area contributed by atoms with Gasteiger partial charge in [-0.25, -0.2) is 0 Å². The molecule has 102 valence electrons. The smallest absolute Gasteiger partial charge is 0.119 e. The van der Waals surface area contributed by atoms with Crippen molar-refractivity contribution in [3.63, 3.8) is 0 Å². The van der Waals surface area contributed by atoms with Gasteiger partial charge in [0.15, 0.2) is 0 Å². The van der Waals surface area contributed by atoms with Gasteiger partial charge in [0.1, 0.15) is 5.75 Å². The first kappa shape index (κ1) is 15.0. The Morgan fingerprint density at radius 2 is 2.00 bits per heavy atom. The summed E-state index contributed by atoms with van der Waals surface area (Å²) in [5.74, 6) is 0.940. The zero-order valence-corrected chi connectivity index (χ0v) is 12.4. The van der Waals surface area contributed by atoms with Crippen LogP contribution in [0.4, 0.5) is 0 Å². The van der Waals surface area contributed by atoms with Crippen LogP contribution in [0.15, 0.2) is 24.3 Å². The van der Waals surface area contributed by atoms with E-state index in [-0.39, 0.29) is 5.41 Å². The number of methoxy groups -OCH3 is 1. The summed E-state index contributed by atoms with van der Waals surface area (Å²) >= 11 is 0. The van der Waals surface area contributed by atoms with Crippen LogP contribution in [-0.2, 0) is 6.42 Å². The SMILES string of the molecule is CCCNC(Cc1cccc(OC)c1)C(C)(C)C. The highest BCUT2D eigenvalue weighted by molar-refractivity contribution is 5.29. The van der Waals surface area contributed by atoms with Crippen molar-refractivity contribution in [3.8, 4) is 5.75 Å². The third-order valence-corrected chi connectivity index (χ3v) is 3.26. The summed E-state index contributed by atoms with van der Waals surface area (Å²) in [7, 11) is 1.72. The van der Waals surface area contributed by atoms with E-state index in [1.807, 2.05) is 6.07 Å². The average molecular weight is 249 g/mol. The lowest BCUT2D eigenvalue weighted by Crippen LogP contribution is -2.42. The normalized spacial score (nSPS) is 13.4. The van der Waals surface area contributed by atoms with Crippen LogP contribution in [-0.4, -0.2) is 19.7 Å². The van der Waals surface area contributed by atoms with Crippen LogP contribution in [0.3, 0.4) is 0 Å². The molecule has 1 aromatic rings. The van der Waals surface area contributed by atoms with Crippen LogP contribution in [0.25, 0.3) is 0 Å². The van der Waals surface area contributed by atoms with Gasteiger partial charge in [-0.3, -0.25) is 0 Å². The van der Waals surface area contributed by atoms with Crippen LogP contribution >= 0.6 is 0 Å². The number of ether oxygens (including phenoxy) is 1. The number of nitrogens with one attached hydrogen (secondary N) is 1. The van der Waals surface area contributed by atoms with Gasteiger partial charge in [0, 0.05) is 6.04 Å². The van der Waals surface area contributed by atoms with Gasteiger partial charge in [-0.05, 0) is 42.5 Å². The Balaban J connectivity index is 2.75. The van der Waals surface area contributed by atoms with Crippen LogP contribution < -0.4 is 10.1 Å². The molecule has 1 unspecified atom stereocenters. The van der Waals surface area contributed by atoms with Crippen LogP contribution in [0.5, 0.6) is 5.75 Å². The Morgan fingerprint density at radius 1 is 1.28 bits per heavy atom. The van der Waals surface area contributed by atoms with Gasteiger partial charge in [0.2, 0.25) is 0 Å². The van der Waals surface area contributed by atoms with Gasteiger partial charge in [0.05, 0.1) is 7.11 Å². The molecule has 0 aromatic heterocycles. The number of rotatable bonds is 6. The fourth-order valence-corrected chi connectivity index (χ4v) is 2.04. The zero-order valence-electron chi connectivity index (χ0n) is 12.4. The highest BCUT2D eigenvalue weighted by atomic mass is 16.5. The summed E-state index contributed by atoms with van der Waals surface area (Å²) in [5, 5.41) is 3.65. The Labute approximate surface area is 112 Å². The molecule has 0 saturated heterocycles. The highest BCUT2D eigenvalue weighted by Crippen LogP contribution is 2.24. The van der Waals surface area contributed by atoms with Gasteiger partial charge >= 0.3 is 0 Å². The Morgan fingerprint density at radius 3 is 2.56 bits per heavy atom. The quantitative estimate of drug-likeness (QED) is 0.831. The van der Waals surface area contributed by atoms with Crippen molar-refractivity contribution in [3.05, 3.63) is 29.8 Å². The molecule has 0 aliphatic heterocycles. The molecule has 0 fully saturated rings. The second-order valence-electron chi connectivity index (χ2n) is 5.93. The van der Waals surface area contributed by atoms with Crippen molar-refractivity contribution in [1.82, 2.24) is 5.32 Å². The maximum absolute atomic E-state index is 5.28. The molecule has 1 atom stereocenters. The molecule has 0 aliphatic carbocycles. The highest BCUT2D eigenvalue weighted by Gasteiger charge is 2.24. The fourth-order valence-electron chi connectivity index (χ4n) is 2.04. The molecule has 2 nitrogen and oxygen atoms in total. The molecule has 1 N–H and O–H groups in total. The minimum Gasteiger partial charge on any atom is -0.497 e. The minimum atomic E-state index is 0.262. The summed E-state index contributed by atoms with van der Waals surface area (Å²) in [6.07, 6.45) is 2.21. The van der Waals surface area contributed by atoms with Crippen molar-refractivity contribution in [2.45, 2.75) is 46.6 Å². The zero-order chi connectivity index (χ0) is 13.6. The van der Waals surface area contributed by atoms with Crippen molar-refractivity contribution in [2.24, 2.45) is 5.41 Å². The van der Waals surface area contributed by atoms with E-state index in [1.165, 1.54) is 12.0 Å². The lowest BCUT2D eigenvalue weighted by atomic mass is 9.83. The molecule has 0 radical (unpaired) electrons. The summed E-state index contributed by atoms with van der Waals surface area (Å²) in [6, 6.07) is 8.86. The molecule has 0 bridgehead atoms. The lowest BCUT2D eigenvalue weighted by molar-refractivity contribution is 0.266. The first-order valence-electron chi connectivity index (χ1n) is 6.83. The Kier molecular flexibility index (Phi) is 5.67. The van der Waals surface area contributed by atoms with E-state index in [2.05, 4.69) is 51.2 Å². The molecule has 18 heavy (non-hydrogen) atoms. The third kappa shape index (κ3) is 4.69. The first-order valence-corrected chi connectivity index (χ1v) is 6.83. The monoisotopic (exact) mass is 249 g/mol. The molecule has 1 aromatic carbocycles. The summed E-state index contributed by atoms with van der Waals surface area (Å²) in [4.78, 5) is 0. The van der Waals surface area contributed by atoms with E-state index >= 15 is 0 Å². The van der Waals surface area contributed by atoms with E-state index in [1.54, 1.807) is 7.11 Å². The molecular formula is C16H27NO. The maximum Gasteiger partial charge on any atom is 0.119 e. The van der Waals surface area contributed by atoms with E-state index in [9.17, 15) is 0 Å². The van der Waals surface area contributed by atoms with E-state index in [0.29, 0.717) is 6.04 Å². The molecule has 0 saturated carbocycles. The average Bonchev–Trinajstić information content (AvgIpc) is 2.33. The Hall–Kier alpha value is -1.02. The summed E-state index contributed by atoms with van der Waals surface area (Å²) < 4.78 is 5.28. The molecule has 2 heteroatoms. The fraction of sp³-hybridized carbons (Fsp3) is 0.625. The van der Waals surface area contributed by atoms with E-state index in [4.69, 9.17) is 4.74 Å². The predicted octanol–water partition coefficient (Wildman–Crippen LogP) is 3.65. The number of hydrogen-bond donors (Lipinski definition) is 1. The lowest BCUT2D eigenvalue weighted by Gasteiger charge is -2.32. The molecule has 0 aliphatic rings. The van der Waals surface area contributed by atoms with Gasteiger partial charge in [-0.2, -0.15) is 0 Å². The second kappa shape index (κ2) is 6.79. The number of benzene rings is 1. The van der Waals surface area contributed by atoms with Gasteiger partial charge in [-0.1, -0.05) is 39.8 Å². The summed E-state index contributed by atoms with van der Waals surface area (Å²) in [5.41, 5.74) is 1.59. The topological polar surface area (TPSA) is 21.3 Å². The Bertz CT molecular complexity index is 354. The van der Waals surface area contributed by atoms with Crippen molar-refractivity contribution in [2.75, 3.05) is 13.7 Å². The summed E-state index contributed by atoms with van der Waals surface area (Å²) in [6.45, 7) is 10.2.